The van der Waals surface area contributed by atoms with E-state index >= 15 is 0 Å². The van der Waals surface area contributed by atoms with Crippen molar-refractivity contribution in [3.05, 3.63) is 17.5 Å². The number of nitrogens with two attached hydrogens (primary N) is 1. The number of urea groups is 1. The van der Waals surface area contributed by atoms with Gasteiger partial charge in [-0.2, -0.15) is 0 Å². The fourth-order valence-electron chi connectivity index (χ4n) is 1.68. The second-order valence-corrected chi connectivity index (χ2v) is 3.78. The summed E-state index contributed by atoms with van der Waals surface area (Å²) in [6, 6.07) is -0.126. The van der Waals surface area contributed by atoms with E-state index in [1.807, 2.05) is 0 Å². The van der Waals surface area contributed by atoms with E-state index in [0.717, 1.165) is 11.3 Å². The van der Waals surface area contributed by atoms with Gasteiger partial charge in [0.25, 0.3) is 0 Å². The Balaban J connectivity index is 1.93. The van der Waals surface area contributed by atoms with E-state index in [1.54, 1.807) is 18.2 Å². The highest BCUT2D eigenvalue weighted by Crippen LogP contribution is 2.20. The molecule has 0 unspecified atom stereocenters. The average molecular weight is 237 g/mol. The summed E-state index contributed by atoms with van der Waals surface area (Å²) in [6.45, 7) is 1.99. The Morgan fingerprint density at radius 3 is 3.24 bits per heavy atom. The van der Waals surface area contributed by atoms with Gasteiger partial charge < -0.3 is 20.7 Å². The first-order valence-electron chi connectivity index (χ1n) is 5.32. The molecule has 2 rings (SSSR count). The number of aromatic nitrogens is 2. The minimum absolute atomic E-state index is 0.126. The topological polar surface area (TPSA) is 93.4 Å². The van der Waals surface area contributed by atoms with Gasteiger partial charge in [0.05, 0.1) is 25.4 Å². The van der Waals surface area contributed by atoms with Crippen LogP contribution in [0.1, 0.15) is 11.3 Å². The van der Waals surface area contributed by atoms with Crippen LogP contribution in [-0.4, -0.2) is 41.2 Å². The second-order valence-electron chi connectivity index (χ2n) is 3.78. The summed E-state index contributed by atoms with van der Waals surface area (Å²) in [4.78, 5) is 21.4. The number of amides is 2. The first kappa shape index (κ1) is 11.6. The molecule has 0 aromatic carbocycles. The van der Waals surface area contributed by atoms with Crippen LogP contribution >= 0.6 is 0 Å². The lowest BCUT2D eigenvalue weighted by atomic mass is 10.3. The molecule has 0 atom stereocenters. The van der Waals surface area contributed by atoms with Crippen LogP contribution in [0.25, 0.3) is 0 Å². The average Bonchev–Trinajstić information content (AvgIpc) is 2.72. The third-order valence-corrected chi connectivity index (χ3v) is 2.54. The summed E-state index contributed by atoms with van der Waals surface area (Å²) in [5.74, 6) is 0.241. The van der Waals surface area contributed by atoms with Gasteiger partial charge in [-0.1, -0.05) is 0 Å². The van der Waals surface area contributed by atoms with Gasteiger partial charge in [-0.3, -0.25) is 0 Å². The molecule has 17 heavy (non-hydrogen) atoms. The van der Waals surface area contributed by atoms with E-state index in [0.29, 0.717) is 26.2 Å². The van der Waals surface area contributed by atoms with Crippen molar-refractivity contribution in [3.8, 4) is 0 Å². The number of fused-ring (bicyclic) bond motifs is 1. The lowest BCUT2D eigenvalue weighted by molar-refractivity contribution is 0.179. The fourth-order valence-corrected chi connectivity index (χ4v) is 1.68. The van der Waals surface area contributed by atoms with E-state index in [-0.39, 0.29) is 12.0 Å². The monoisotopic (exact) mass is 237 g/mol. The Hall–Kier alpha value is -1.89. The van der Waals surface area contributed by atoms with E-state index in [2.05, 4.69) is 15.3 Å². The maximum atomic E-state index is 11.8. The SMILES string of the molecule is COCCNC(=O)N1Cc2cnc(N)nc2C1. The number of nitrogens with one attached hydrogen (secondary N) is 1. The lowest BCUT2D eigenvalue weighted by Gasteiger charge is -2.15. The molecule has 0 saturated carbocycles. The van der Waals surface area contributed by atoms with Crippen molar-refractivity contribution in [2.24, 2.45) is 0 Å². The number of hydrogen-bond acceptors (Lipinski definition) is 5. The molecular formula is C10H15N5O2. The van der Waals surface area contributed by atoms with Crippen LogP contribution in [0.15, 0.2) is 6.20 Å². The number of nitrogens with zero attached hydrogens (tertiary/aromatic N) is 3. The predicted molar refractivity (Wildman–Crippen MR) is 61.0 cm³/mol. The molecule has 0 fully saturated rings. The Bertz CT molecular complexity index is 423. The van der Waals surface area contributed by atoms with Gasteiger partial charge in [-0.25, -0.2) is 14.8 Å². The summed E-state index contributed by atoms with van der Waals surface area (Å²) in [7, 11) is 1.59. The van der Waals surface area contributed by atoms with Crippen LogP contribution in [-0.2, 0) is 17.8 Å². The molecule has 3 N–H and O–H groups in total. The second kappa shape index (κ2) is 4.96. The summed E-state index contributed by atoms with van der Waals surface area (Å²) < 4.78 is 4.86. The number of ether oxygens (including phenoxy) is 1. The van der Waals surface area contributed by atoms with Crippen LogP contribution in [0.4, 0.5) is 10.7 Å². The van der Waals surface area contributed by atoms with Gasteiger partial charge in [0.15, 0.2) is 0 Å². The van der Waals surface area contributed by atoms with Crippen LogP contribution in [0.3, 0.4) is 0 Å². The molecule has 0 saturated heterocycles. The molecule has 2 heterocycles. The molecule has 0 spiro atoms. The van der Waals surface area contributed by atoms with Crippen molar-refractivity contribution in [1.82, 2.24) is 20.2 Å². The summed E-state index contributed by atoms with van der Waals surface area (Å²) in [5.41, 5.74) is 7.26. The molecule has 0 aliphatic carbocycles. The lowest BCUT2D eigenvalue weighted by Crippen LogP contribution is -2.38. The normalized spacial score (nSPS) is 13.6. The van der Waals surface area contributed by atoms with Crippen LogP contribution in [0.2, 0.25) is 0 Å². The molecule has 1 aliphatic heterocycles. The number of anilines is 1. The molecule has 0 bridgehead atoms. The third kappa shape index (κ3) is 2.62. The highest BCUT2D eigenvalue weighted by atomic mass is 16.5. The number of nitrogen functional groups attached to an aromatic ring is 1. The van der Waals surface area contributed by atoms with Crippen LogP contribution in [0, 0.1) is 0 Å². The van der Waals surface area contributed by atoms with Crippen LogP contribution < -0.4 is 11.1 Å². The fraction of sp³-hybridized carbons (Fsp3) is 0.500. The van der Waals surface area contributed by atoms with Gasteiger partial charge in [0.1, 0.15) is 0 Å². The highest BCUT2D eigenvalue weighted by molar-refractivity contribution is 5.74. The van der Waals surface area contributed by atoms with E-state index in [4.69, 9.17) is 10.5 Å². The molecule has 1 aromatic rings. The van der Waals surface area contributed by atoms with E-state index < -0.39 is 0 Å². The minimum atomic E-state index is -0.126. The zero-order valence-corrected chi connectivity index (χ0v) is 9.64. The van der Waals surface area contributed by atoms with Crippen molar-refractivity contribution < 1.29 is 9.53 Å². The maximum Gasteiger partial charge on any atom is 0.318 e. The van der Waals surface area contributed by atoms with Crippen molar-refractivity contribution in [2.45, 2.75) is 13.1 Å². The van der Waals surface area contributed by atoms with Gasteiger partial charge >= 0.3 is 6.03 Å². The first-order chi connectivity index (χ1) is 8.20. The number of hydrogen-bond donors (Lipinski definition) is 2. The Labute approximate surface area is 99.0 Å². The number of rotatable bonds is 3. The molecular weight excluding hydrogens is 222 g/mol. The van der Waals surface area contributed by atoms with Crippen molar-refractivity contribution in [3.63, 3.8) is 0 Å². The summed E-state index contributed by atoms with van der Waals surface area (Å²) >= 11 is 0. The van der Waals surface area contributed by atoms with Gasteiger partial charge in [-0.15, -0.1) is 0 Å². The number of methoxy groups -OCH3 is 1. The van der Waals surface area contributed by atoms with Crippen molar-refractivity contribution in [2.75, 3.05) is 26.0 Å². The molecule has 1 aromatic heterocycles. The van der Waals surface area contributed by atoms with Gasteiger partial charge in [-0.05, 0) is 0 Å². The largest absolute Gasteiger partial charge is 0.383 e. The third-order valence-electron chi connectivity index (χ3n) is 2.54. The van der Waals surface area contributed by atoms with Gasteiger partial charge in [0.2, 0.25) is 5.95 Å². The summed E-state index contributed by atoms with van der Waals surface area (Å²) in [6.07, 6.45) is 1.67. The number of carbonyl (C=O) groups excluding carboxylic acids is 1. The minimum Gasteiger partial charge on any atom is -0.383 e. The predicted octanol–water partition coefficient (Wildman–Crippen LogP) is -0.270. The molecule has 7 heteroatoms. The summed E-state index contributed by atoms with van der Waals surface area (Å²) in [5, 5.41) is 2.76. The zero-order valence-electron chi connectivity index (χ0n) is 9.64. The standard InChI is InChI=1S/C10H15N5O2/c1-17-3-2-12-10(16)15-5-7-4-13-9(11)14-8(7)6-15/h4H,2-3,5-6H2,1H3,(H,12,16)(H2,11,13,14). The van der Waals surface area contributed by atoms with Gasteiger partial charge in [0, 0.05) is 25.4 Å². The molecule has 0 radical (unpaired) electrons. The molecule has 1 aliphatic rings. The highest BCUT2D eigenvalue weighted by Gasteiger charge is 2.24. The molecule has 92 valence electrons. The Morgan fingerprint density at radius 2 is 2.47 bits per heavy atom. The Morgan fingerprint density at radius 1 is 1.65 bits per heavy atom. The van der Waals surface area contributed by atoms with E-state index in [9.17, 15) is 4.79 Å². The smallest absolute Gasteiger partial charge is 0.318 e. The molecule has 2 amide bonds. The first-order valence-corrected chi connectivity index (χ1v) is 5.32. The molecule has 7 nitrogen and oxygen atoms in total. The van der Waals surface area contributed by atoms with Crippen molar-refractivity contribution in [1.29, 1.82) is 0 Å². The van der Waals surface area contributed by atoms with E-state index in [1.165, 1.54) is 0 Å². The zero-order chi connectivity index (χ0) is 12.3. The number of carbonyl (C=O) groups is 1. The Kier molecular flexibility index (Phi) is 3.38. The quantitative estimate of drug-likeness (QED) is 0.706. The van der Waals surface area contributed by atoms with Crippen LogP contribution in [0.5, 0.6) is 0 Å². The maximum absolute atomic E-state index is 11.8. The van der Waals surface area contributed by atoms with Crippen molar-refractivity contribution >= 4 is 12.0 Å².